The number of nitrogens with two attached hydrogens (primary N) is 1. The molecule has 0 saturated heterocycles. The first-order chi connectivity index (χ1) is 17.6. The lowest BCUT2D eigenvalue weighted by molar-refractivity contribution is -0.123. The highest BCUT2D eigenvalue weighted by Crippen LogP contribution is 2.31. The Labute approximate surface area is 215 Å². The number of anilines is 1. The van der Waals surface area contributed by atoms with Crippen molar-refractivity contribution < 1.29 is 43.5 Å². The molecule has 192 valence electrons. The maximum atomic E-state index is 13.3. The van der Waals surface area contributed by atoms with E-state index < -0.39 is 45.5 Å². The van der Waals surface area contributed by atoms with Crippen molar-refractivity contribution in [2.75, 3.05) is 5.73 Å². The SMILES string of the molecule is Nc1ncc(C(=O)N[C@H](C(=O)N[C@H]2Cc3cccc(C(=O)O)c3OB2O)c2ccc(OP(O)O)cc2)s1. The number of thiazole rings is 1. The third-order valence-electron chi connectivity index (χ3n) is 5.36. The van der Waals surface area contributed by atoms with Gasteiger partial charge in [-0.05, 0) is 35.7 Å². The molecule has 0 spiro atoms. The number of carboxylic acid groups (broad SMARTS) is 1. The fourth-order valence-corrected chi connectivity index (χ4v) is 4.59. The van der Waals surface area contributed by atoms with Gasteiger partial charge in [0.05, 0.1) is 17.7 Å². The first-order valence-corrected chi connectivity index (χ1v) is 12.6. The molecule has 4 rings (SSSR count). The van der Waals surface area contributed by atoms with Crippen LogP contribution in [0.4, 0.5) is 5.13 Å². The van der Waals surface area contributed by atoms with Crippen molar-refractivity contribution in [3.05, 3.63) is 70.2 Å². The second-order valence-electron chi connectivity index (χ2n) is 7.81. The standard InChI is InChI=1S/C21H20BN4O9PS/c23-21-24-9-14(37-21)18(27)26-16(10-4-6-12(7-5-10)35-36(32)33)19(28)25-15-8-11-2-1-3-13(20(29)30)17(11)34-22(15)31/h1-7,9,15-16,31-33H,8H2,(H2,23,24)(H,25,28)(H,26,27)(H,29,30)/t15-,16-/m0/s1. The number of carboxylic acids is 1. The monoisotopic (exact) mass is 546 g/mol. The van der Waals surface area contributed by atoms with E-state index >= 15 is 0 Å². The van der Waals surface area contributed by atoms with Crippen LogP contribution in [-0.2, 0) is 11.2 Å². The largest absolute Gasteiger partial charge is 0.547 e. The number of rotatable bonds is 8. The van der Waals surface area contributed by atoms with Crippen LogP contribution in [0.25, 0.3) is 0 Å². The summed E-state index contributed by atoms with van der Waals surface area (Å²) in [4.78, 5) is 59.7. The molecule has 2 amide bonds. The average Bonchev–Trinajstić information content (AvgIpc) is 3.29. The van der Waals surface area contributed by atoms with Crippen LogP contribution in [0.15, 0.2) is 48.7 Å². The van der Waals surface area contributed by atoms with Gasteiger partial charge in [0, 0.05) is 0 Å². The third kappa shape index (κ3) is 6.16. The highest BCUT2D eigenvalue weighted by atomic mass is 32.1. The minimum Gasteiger partial charge on any atom is -0.534 e. The van der Waals surface area contributed by atoms with Crippen LogP contribution < -0.4 is 25.5 Å². The molecule has 0 fully saturated rings. The summed E-state index contributed by atoms with van der Waals surface area (Å²) in [7, 11) is -4.20. The number of fused-ring (bicyclic) bond motifs is 1. The third-order valence-corrected chi connectivity index (χ3v) is 6.56. The highest BCUT2D eigenvalue weighted by molar-refractivity contribution is 7.39. The number of para-hydroxylation sites is 1. The predicted molar refractivity (Wildman–Crippen MR) is 133 cm³/mol. The maximum absolute atomic E-state index is 13.3. The molecule has 37 heavy (non-hydrogen) atoms. The fourth-order valence-electron chi connectivity index (χ4n) is 3.69. The van der Waals surface area contributed by atoms with Crippen LogP contribution in [0.1, 0.15) is 37.2 Å². The van der Waals surface area contributed by atoms with Crippen molar-refractivity contribution >= 4 is 50.0 Å². The van der Waals surface area contributed by atoms with E-state index in [1.165, 1.54) is 42.6 Å². The summed E-state index contributed by atoms with van der Waals surface area (Å²) in [6.07, 6.45) is 1.33. The Bertz CT molecular complexity index is 1320. The van der Waals surface area contributed by atoms with E-state index in [1.807, 2.05) is 0 Å². The molecular weight excluding hydrogens is 526 g/mol. The van der Waals surface area contributed by atoms with Gasteiger partial charge in [-0.3, -0.25) is 9.59 Å². The molecule has 3 aromatic rings. The van der Waals surface area contributed by atoms with Gasteiger partial charge in [-0.15, -0.1) is 0 Å². The summed E-state index contributed by atoms with van der Waals surface area (Å²) >= 11 is 0.928. The molecule has 0 unspecified atom stereocenters. The van der Waals surface area contributed by atoms with Crippen molar-refractivity contribution in [3.8, 4) is 11.5 Å². The molecule has 13 nitrogen and oxygen atoms in total. The Balaban J connectivity index is 1.57. The number of hydrogen-bond acceptors (Lipinski definition) is 11. The zero-order chi connectivity index (χ0) is 26.7. The summed E-state index contributed by atoms with van der Waals surface area (Å²) in [6, 6.07) is 8.90. The molecule has 0 bridgehead atoms. The van der Waals surface area contributed by atoms with Crippen LogP contribution in [-0.4, -0.2) is 55.7 Å². The van der Waals surface area contributed by atoms with Gasteiger partial charge in [0.1, 0.15) is 22.4 Å². The number of hydrogen-bond donors (Lipinski definition) is 7. The van der Waals surface area contributed by atoms with E-state index in [0.717, 1.165) is 11.3 Å². The average molecular weight is 546 g/mol. The zero-order valence-electron chi connectivity index (χ0n) is 18.8. The van der Waals surface area contributed by atoms with Crippen molar-refractivity contribution in [2.24, 2.45) is 0 Å². The van der Waals surface area contributed by atoms with Gasteiger partial charge in [0.25, 0.3) is 5.91 Å². The van der Waals surface area contributed by atoms with E-state index in [9.17, 15) is 24.5 Å². The number of carbonyl (C=O) groups excluding carboxylic acids is 2. The van der Waals surface area contributed by atoms with E-state index in [1.54, 1.807) is 6.07 Å². The normalized spacial score (nSPS) is 15.4. The van der Waals surface area contributed by atoms with Gasteiger partial charge in [0.15, 0.2) is 5.13 Å². The molecule has 1 aliphatic heterocycles. The van der Waals surface area contributed by atoms with Crippen molar-refractivity contribution in [1.82, 2.24) is 15.6 Å². The summed E-state index contributed by atoms with van der Waals surface area (Å²) in [6.45, 7) is 0. The molecule has 2 atom stereocenters. The Kier molecular flexibility index (Phi) is 7.90. The van der Waals surface area contributed by atoms with Crippen LogP contribution >= 0.6 is 19.9 Å². The zero-order valence-corrected chi connectivity index (χ0v) is 20.5. The van der Waals surface area contributed by atoms with Crippen LogP contribution in [0.5, 0.6) is 11.5 Å². The second-order valence-corrected chi connectivity index (χ2v) is 9.56. The Morgan fingerprint density at radius 2 is 1.95 bits per heavy atom. The first-order valence-electron chi connectivity index (χ1n) is 10.6. The van der Waals surface area contributed by atoms with Gasteiger partial charge in [-0.2, -0.15) is 0 Å². The summed E-state index contributed by atoms with van der Waals surface area (Å²) in [5.41, 5.74) is 6.27. The molecule has 2 heterocycles. The Morgan fingerprint density at radius 1 is 1.22 bits per heavy atom. The first kappa shape index (κ1) is 26.3. The van der Waals surface area contributed by atoms with Gasteiger partial charge in [-0.1, -0.05) is 35.6 Å². The highest BCUT2D eigenvalue weighted by Gasteiger charge is 2.39. The van der Waals surface area contributed by atoms with Crippen LogP contribution in [0, 0.1) is 0 Å². The van der Waals surface area contributed by atoms with Gasteiger partial charge >= 0.3 is 21.7 Å². The van der Waals surface area contributed by atoms with E-state index in [0.29, 0.717) is 11.1 Å². The molecule has 0 radical (unpaired) electrons. The fraction of sp³-hybridized carbons (Fsp3) is 0.143. The number of aromatic nitrogens is 1. The number of carbonyl (C=O) groups is 3. The van der Waals surface area contributed by atoms with E-state index in [-0.39, 0.29) is 33.5 Å². The molecule has 0 aliphatic carbocycles. The number of aromatic carboxylic acids is 1. The minimum atomic E-state index is -2.65. The summed E-state index contributed by atoms with van der Waals surface area (Å²) in [5.74, 6) is -3.36. The predicted octanol–water partition coefficient (Wildman–Crippen LogP) is 0.625. The molecular formula is C21H20BN4O9PS. The second kappa shape index (κ2) is 11.1. The van der Waals surface area contributed by atoms with Crippen molar-refractivity contribution in [2.45, 2.75) is 18.4 Å². The number of benzene rings is 2. The van der Waals surface area contributed by atoms with Crippen molar-refractivity contribution in [1.29, 1.82) is 0 Å². The number of nitrogens with one attached hydrogen (secondary N) is 2. The smallest absolute Gasteiger partial charge is 0.534 e. The quantitative estimate of drug-likeness (QED) is 0.154. The van der Waals surface area contributed by atoms with Gasteiger partial charge in [-0.25, -0.2) is 9.78 Å². The van der Waals surface area contributed by atoms with Crippen molar-refractivity contribution in [3.63, 3.8) is 0 Å². The Morgan fingerprint density at radius 3 is 2.57 bits per heavy atom. The van der Waals surface area contributed by atoms with Gasteiger partial charge in [0.2, 0.25) is 5.91 Å². The summed E-state index contributed by atoms with van der Waals surface area (Å²) in [5, 5.41) is 25.3. The number of nitrogen functional groups attached to an aromatic ring is 1. The van der Waals surface area contributed by atoms with Crippen LogP contribution in [0.2, 0.25) is 0 Å². The lowest BCUT2D eigenvalue weighted by Gasteiger charge is -2.30. The van der Waals surface area contributed by atoms with E-state index in [4.69, 9.17) is 24.7 Å². The molecule has 0 saturated carbocycles. The molecule has 16 heteroatoms. The minimum absolute atomic E-state index is 0.0175. The lowest BCUT2D eigenvalue weighted by Crippen LogP contribution is -2.55. The van der Waals surface area contributed by atoms with Gasteiger partial charge < -0.3 is 45.5 Å². The summed E-state index contributed by atoms with van der Waals surface area (Å²) < 4.78 is 10.3. The molecule has 2 aromatic carbocycles. The van der Waals surface area contributed by atoms with Crippen LogP contribution in [0.3, 0.4) is 0 Å². The Hall–Kier alpha value is -3.75. The number of nitrogens with zero attached hydrogens (tertiary/aromatic N) is 1. The maximum Gasteiger partial charge on any atom is 0.547 e. The molecule has 1 aliphatic rings. The number of amides is 2. The topological polar surface area (TPSA) is 214 Å². The van der Waals surface area contributed by atoms with E-state index in [2.05, 4.69) is 15.6 Å². The molecule has 1 aromatic heterocycles. The molecule has 8 N–H and O–H groups in total. The lowest BCUT2D eigenvalue weighted by atomic mass is 9.72.